The first-order valence-electron chi connectivity index (χ1n) is 5.77. The fourth-order valence-electron chi connectivity index (χ4n) is 1.57. The van der Waals surface area contributed by atoms with Gasteiger partial charge in [0.1, 0.15) is 0 Å². The molecule has 0 radical (unpaired) electrons. The molecule has 1 aromatic carbocycles. The Morgan fingerprint density at radius 2 is 1.88 bits per heavy atom. The number of terminal acetylenes is 1. The summed E-state index contributed by atoms with van der Waals surface area (Å²) >= 11 is 5.27. The minimum Gasteiger partial charge on any atom is -0.346 e. The molecule has 0 aliphatic carbocycles. The zero-order valence-electron chi connectivity index (χ0n) is 10.3. The molecule has 1 aromatic rings. The van der Waals surface area contributed by atoms with Gasteiger partial charge in [0.15, 0.2) is 5.11 Å². The minimum absolute atomic E-state index is 0.348. The first kappa shape index (κ1) is 13.5. The van der Waals surface area contributed by atoms with E-state index in [9.17, 15) is 0 Å². The summed E-state index contributed by atoms with van der Waals surface area (Å²) < 4.78 is 0. The summed E-state index contributed by atoms with van der Waals surface area (Å²) in [6.07, 6.45) is 7.26. The molecule has 0 spiro atoms. The Morgan fingerprint density at radius 1 is 1.29 bits per heavy atom. The Labute approximate surface area is 109 Å². The Hall–Kier alpha value is -1.53. The molecule has 0 unspecified atom stereocenters. The van der Waals surface area contributed by atoms with Crippen LogP contribution in [-0.4, -0.2) is 10.7 Å². The van der Waals surface area contributed by atoms with Gasteiger partial charge in [0, 0.05) is 5.69 Å². The highest BCUT2D eigenvalue weighted by molar-refractivity contribution is 7.80. The number of rotatable bonds is 4. The molecule has 0 bridgehead atoms. The van der Waals surface area contributed by atoms with Crippen LogP contribution in [0.2, 0.25) is 0 Å². The summed E-state index contributed by atoms with van der Waals surface area (Å²) in [5.41, 5.74) is 0.613. The molecular weight excluding hydrogens is 228 g/mol. The van der Waals surface area contributed by atoms with E-state index in [0.717, 1.165) is 18.5 Å². The van der Waals surface area contributed by atoms with Gasteiger partial charge in [0.25, 0.3) is 0 Å². The van der Waals surface area contributed by atoms with Crippen molar-refractivity contribution in [3.8, 4) is 12.3 Å². The third-order valence-electron chi connectivity index (χ3n) is 2.87. The van der Waals surface area contributed by atoms with Gasteiger partial charge in [0.05, 0.1) is 5.54 Å². The topological polar surface area (TPSA) is 24.1 Å². The molecule has 0 saturated carbocycles. The van der Waals surface area contributed by atoms with Crippen molar-refractivity contribution in [3.63, 3.8) is 0 Å². The van der Waals surface area contributed by atoms with E-state index in [1.165, 1.54) is 0 Å². The molecule has 0 fully saturated rings. The van der Waals surface area contributed by atoms with Crippen molar-refractivity contribution in [1.82, 2.24) is 5.32 Å². The zero-order valence-corrected chi connectivity index (χ0v) is 11.1. The van der Waals surface area contributed by atoms with Crippen molar-refractivity contribution >= 4 is 23.0 Å². The summed E-state index contributed by atoms with van der Waals surface area (Å²) in [7, 11) is 0. The van der Waals surface area contributed by atoms with Crippen LogP contribution in [0.5, 0.6) is 0 Å². The molecule has 0 saturated heterocycles. The molecule has 0 amide bonds. The smallest absolute Gasteiger partial charge is 0.171 e. The molecule has 0 aromatic heterocycles. The standard InChI is InChI=1S/C14H18N2S/c1-4-14(5-2,6-3)16-13(17)15-12-10-8-7-9-11-12/h1,7-11H,5-6H2,2-3H3,(H2,15,16,17). The molecular formula is C14H18N2S. The number of anilines is 1. The lowest BCUT2D eigenvalue weighted by atomic mass is 9.94. The Kier molecular flexibility index (Phi) is 4.99. The minimum atomic E-state index is -0.348. The predicted octanol–water partition coefficient (Wildman–Crippen LogP) is 3.17. The second-order valence-corrected chi connectivity index (χ2v) is 4.29. The highest BCUT2D eigenvalue weighted by Gasteiger charge is 2.23. The van der Waals surface area contributed by atoms with Gasteiger partial charge < -0.3 is 10.6 Å². The first-order chi connectivity index (χ1) is 8.15. The fourth-order valence-corrected chi connectivity index (χ4v) is 1.88. The monoisotopic (exact) mass is 246 g/mol. The van der Waals surface area contributed by atoms with Gasteiger partial charge in [-0.15, -0.1) is 6.42 Å². The summed E-state index contributed by atoms with van der Waals surface area (Å²) in [5.74, 6) is 2.79. The third-order valence-corrected chi connectivity index (χ3v) is 3.07. The molecule has 17 heavy (non-hydrogen) atoms. The van der Waals surface area contributed by atoms with Crippen molar-refractivity contribution in [2.45, 2.75) is 32.2 Å². The normalized spacial score (nSPS) is 10.4. The van der Waals surface area contributed by atoms with Gasteiger partial charge in [-0.25, -0.2) is 0 Å². The highest BCUT2D eigenvalue weighted by atomic mass is 32.1. The molecule has 90 valence electrons. The molecule has 0 heterocycles. The van der Waals surface area contributed by atoms with Gasteiger partial charge in [-0.1, -0.05) is 38.0 Å². The van der Waals surface area contributed by atoms with Crippen LogP contribution in [0.1, 0.15) is 26.7 Å². The second kappa shape index (κ2) is 6.27. The largest absolute Gasteiger partial charge is 0.346 e. The SMILES string of the molecule is C#CC(CC)(CC)NC(=S)Nc1ccccc1. The Bertz CT molecular complexity index is 402. The van der Waals surface area contributed by atoms with Gasteiger partial charge >= 0.3 is 0 Å². The molecule has 2 N–H and O–H groups in total. The maximum atomic E-state index is 5.57. The first-order valence-corrected chi connectivity index (χ1v) is 6.18. The number of hydrogen-bond acceptors (Lipinski definition) is 1. The highest BCUT2D eigenvalue weighted by Crippen LogP contribution is 2.14. The number of benzene rings is 1. The van der Waals surface area contributed by atoms with Gasteiger partial charge in [0.2, 0.25) is 0 Å². The average Bonchev–Trinajstić information content (AvgIpc) is 2.37. The van der Waals surface area contributed by atoms with E-state index in [1.807, 2.05) is 30.3 Å². The molecule has 1 rings (SSSR count). The summed E-state index contributed by atoms with van der Waals surface area (Å²) in [5, 5.41) is 6.90. The van der Waals surface area contributed by atoms with Gasteiger partial charge in [-0.05, 0) is 37.2 Å². The lowest BCUT2D eigenvalue weighted by Crippen LogP contribution is -2.48. The lowest BCUT2D eigenvalue weighted by molar-refractivity contribution is 0.461. The van der Waals surface area contributed by atoms with Crippen LogP contribution in [0.25, 0.3) is 0 Å². The summed E-state index contributed by atoms with van der Waals surface area (Å²) in [6.45, 7) is 4.11. The van der Waals surface area contributed by atoms with Crippen molar-refractivity contribution in [2.24, 2.45) is 0 Å². The number of hydrogen-bond donors (Lipinski definition) is 2. The van der Waals surface area contributed by atoms with Crippen LogP contribution in [0.15, 0.2) is 30.3 Å². The van der Waals surface area contributed by atoms with Gasteiger partial charge in [-0.2, -0.15) is 0 Å². The van der Waals surface area contributed by atoms with E-state index in [1.54, 1.807) is 0 Å². The van der Waals surface area contributed by atoms with Crippen LogP contribution in [0.3, 0.4) is 0 Å². The van der Waals surface area contributed by atoms with E-state index in [4.69, 9.17) is 18.6 Å². The zero-order chi connectivity index (χ0) is 12.7. The lowest BCUT2D eigenvalue weighted by Gasteiger charge is -2.28. The van der Waals surface area contributed by atoms with Gasteiger partial charge in [-0.3, -0.25) is 0 Å². The van der Waals surface area contributed by atoms with Crippen LogP contribution in [0, 0.1) is 12.3 Å². The van der Waals surface area contributed by atoms with E-state index >= 15 is 0 Å². The van der Waals surface area contributed by atoms with Crippen molar-refractivity contribution in [1.29, 1.82) is 0 Å². The van der Waals surface area contributed by atoms with Crippen LogP contribution in [-0.2, 0) is 0 Å². The van der Waals surface area contributed by atoms with Crippen LogP contribution >= 0.6 is 12.2 Å². The number of thiocarbonyl (C=S) groups is 1. The van der Waals surface area contributed by atoms with Crippen LogP contribution < -0.4 is 10.6 Å². The number of nitrogens with one attached hydrogen (secondary N) is 2. The van der Waals surface area contributed by atoms with Crippen LogP contribution in [0.4, 0.5) is 5.69 Å². The van der Waals surface area contributed by atoms with Crippen molar-refractivity contribution in [3.05, 3.63) is 30.3 Å². The molecule has 3 heteroatoms. The van der Waals surface area contributed by atoms with Crippen molar-refractivity contribution in [2.75, 3.05) is 5.32 Å². The fraction of sp³-hybridized carbons (Fsp3) is 0.357. The van der Waals surface area contributed by atoms with E-state index in [0.29, 0.717) is 5.11 Å². The summed E-state index contributed by atoms with van der Waals surface area (Å²) in [6, 6.07) is 9.80. The van der Waals surface area contributed by atoms with E-state index in [2.05, 4.69) is 30.4 Å². The molecule has 2 nitrogen and oxygen atoms in total. The quantitative estimate of drug-likeness (QED) is 0.630. The third kappa shape index (κ3) is 3.76. The molecule has 0 aliphatic heterocycles. The van der Waals surface area contributed by atoms with E-state index < -0.39 is 0 Å². The predicted molar refractivity (Wildman–Crippen MR) is 77.9 cm³/mol. The second-order valence-electron chi connectivity index (χ2n) is 3.88. The summed E-state index contributed by atoms with van der Waals surface area (Å²) in [4.78, 5) is 0. The number of para-hydroxylation sites is 1. The van der Waals surface area contributed by atoms with Crippen molar-refractivity contribution < 1.29 is 0 Å². The maximum Gasteiger partial charge on any atom is 0.171 e. The Balaban J connectivity index is 2.64. The molecule has 0 atom stereocenters. The maximum absolute atomic E-state index is 5.57. The average molecular weight is 246 g/mol. The molecule has 0 aliphatic rings. The van der Waals surface area contributed by atoms with E-state index in [-0.39, 0.29) is 5.54 Å². The Morgan fingerprint density at radius 3 is 2.35 bits per heavy atom.